The number of hydrogen-bond acceptors (Lipinski definition) is 9. The molecule has 1 atom stereocenters. The number of carboxylic acids is 1. The second kappa shape index (κ2) is 16.8. The summed E-state index contributed by atoms with van der Waals surface area (Å²) in [7, 11) is -4.10. The van der Waals surface area contributed by atoms with Crippen LogP contribution in [0.25, 0.3) is 0 Å². The van der Waals surface area contributed by atoms with Gasteiger partial charge in [0.2, 0.25) is 30.1 Å². The summed E-state index contributed by atoms with van der Waals surface area (Å²) in [6.07, 6.45) is 1.92. The Kier molecular flexibility index (Phi) is 13.8. The van der Waals surface area contributed by atoms with Gasteiger partial charge < -0.3 is 36.8 Å². The predicted octanol–water partition coefficient (Wildman–Crippen LogP) is -0.583. The van der Waals surface area contributed by atoms with Gasteiger partial charge in [0.05, 0.1) is 18.0 Å². The minimum Gasteiger partial charge on any atom is -0.487 e. The van der Waals surface area contributed by atoms with Crippen molar-refractivity contribution in [3.8, 4) is 5.75 Å². The molecule has 0 aromatic heterocycles. The number of carbonyl (C=O) groups is 5. The summed E-state index contributed by atoms with van der Waals surface area (Å²) in [5.41, 5.74) is 8.16. The molecule has 1 heterocycles. The fraction of sp³-hybridized carbons (Fsp3) is 0.586. The van der Waals surface area contributed by atoms with Gasteiger partial charge in [-0.25, -0.2) is 13.1 Å². The second-order valence-electron chi connectivity index (χ2n) is 11.6. The van der Waals surface area contributed by atoms with E-state index < -0.39 is 51.9 Å². The largest absolute Gasteiger partial charge is 0.487 e. The Balaban J connectivity index is 2.04. The van der Waals surface area contributed by atoms with Gasteiger partial charge in [-0.2, -0.15) is 0 Å². The Bertz CT molecular complexity index is 1460. The van der Waals surface area contributed by atoms with Gasteiger partial charge in [0.15, 0.2) is 0 Å². The van der Waals surface area contributed by atoms with E-state index in [0.717, 1.165) is 11.1 Å². The summed E-state index contributed by atoms with van der Waals surface area (Å²) in [5.74, 6) is -2.39. The van der Waals surface area contributed by atoms with Gasteiger partial charge in [-0.15, -0.1) is 0 Å². The van der Waals surface area contributed by atoms with Gasteiger partial charge in [-0.05, 0) is 77.0 Å². The van der Waals surface area contributed by atoms with E-state index >= 15 is 0 Å². The molecule has 46 heavy (non-hydrogen) atoms. The van der Waals surface area contributed by atoms with Gasteiger partial charge in [0.25, 0.3) is 10.0 Å². The molecule has 1 aromatic carbocycles. The molecule has 0 aliphatic carbocycles. The molecule has 8 N–H and O–H groups in total. The molecule has 1 unspecified atom stereocenters. The first-order chi connectivity index (χ1) is 21.5. The molecule has 2 rings (SSSR count). The van der Waals surface area contributed by atoms with Crippen LogP contribution < -0.4 is 36.5 Å². The Morgan fingerprint density at radius 3 is 2.37 bits per heavy atom. The molecular weight excluding hydrogens is 622 g/mol. The quantitative estimate of drug-likeness (QED) is 0.0454. The third kappa shape index (κ3) is 11.2. The Labute approximate surface area is 268 Å². The van der Waals surface area contributed by atoms with Crippen LogP contribution in [0.3, 0.4) is 0 Å². The molecule has 1 aromatic rings. The standard InChI is InChI=1S/C29H45N7O9S/c1-17-18(2)26(19(3)20-13-29(4,5)45-25(17)20)46(43,44)36-28(30)33-12-8-9-21(27(42)32-11-7-6-10-24(40)41)35-23(39)15-34-22(38)14-31-16-37/h16,21H,6-15H2,1-5H3,(H,31,37)(H,32,42)(H,34,38)(H,35,39)(H,40,41)(H3,30,33,36). The van der Waals surface area contributed by atoms with Crippen molar-refractivity contribution in [2.24, 2.45) is 10.7 Å². The minimum atomic E-state index is -4.10. The van der Waals surface area contributed by atoms with Crippen LogP contribution in [0.4, 0.5) is 0 Å². The number of aliphatic carboxylic acids is 1. The van der Waals surface area contributed by atoms with Crippen molar-refractivity contribution >= 4 is 46.1 Å². The van der Waals surface area contributed by atoms with E-state index in [1.165, 1.54) is 0 Å². The summed E-state index contributed by atoms with van der Waals surface area (Å²) in [5, 5.41) is 18.4. The summed E-state index contributed by atoms with van der Waals surface area (Å²) < 4.78 is 35.2. The maximum atomic E-state index is 13.4. The van der Waals surface area contributed by atoms with Crippen molar-refractivity contribution in [3.63, 3.8) is 0 Å². The molecule has 17 heteroatoms. The zero-order valence-electron chi connectivity index (χ0n) is 26.9. The summed E-state index contributed by atoms with van der Waals surface area (Å²) in [6, 6.07) is -1.03. The molecule has 0 saturated carbocycles. The molecule has 4 amide bonds. The summed E-state index contributed by atoms with van der Waals surface area (Å²) in [4.78, 5) is 62.1. The normalized spacial score (nSPS) is 14.3. The Morgan fingerprint density at radius 2 is 1.72 bits per heavy atom. The molecule has 0 saturated heterocycles. The minimum absolute atomic E-state index is 0.0178. The predicted molar refractivity (Wildman–Crippen MR) is 169 cm³/mol. The fourth-order valence-corrected chi connectivity index (χ4v) is 6.51. The topological polar surface area (TPSA) is 247 Å². The lowest BCUT2D eigenvalue weighted by atomic mass is 9.94. The van der Waals surface area contributed by atoms with Gasteiger partial charge in [0, 0.05) is 31.5 Å². The van der Waals surface area contributed by atoms with Crippen LogP contribution in [0.15, 0.2) is 9.89 Å². The van der Waals surface area contributed by atoms with Gasteiger partial charge >= 0.3 is 5.97 Å². The van der Waals surface area contributed by atoms with Crippen LogP contribution in [0.2, 0.25) is 0 Å². The number of nitrogens with zero attached hydrogens (tertiary/aromatic N) is 1. The number of hydrogen-bond donors (Lipinski definition) is 7. The number of fused-ring (bicyclic) bond motifs is 1. The number of guanidine groups is 1. The molecule has 0 fully saturated rings. The number of sulfonamides is 1. The first kappa shape index (κ1) is 37.8. The average molecular weight is 668 g/mol. The highest BCUT2D eigenvalue weighted by Crippen LogP contribution is 2.43. The number of unbranched alkanes of at least 4 members (excludes halogenated alkanes) is 1. The number of carbonyl (C=O) groups excluding carboxylic acids is 4. The average Bonchev–Trinajstić information content (AvgIpc) is 3.30. The van der Waals surface area contributed by atoms with Crippen LogP contribution in [0.1, 0.15) is 68.2 Å². The zero-order valence-corrected chi connectivity index (χ0v) is 27.7. The molecule has 0 radical (unpaired) electrons. The summed E-state index contributed by atoms with van der Waals surface area (Å²) in [6.45, 7) is 8.56. The van der Waals surface area contributed by atoms with Crippen molar-refractivity contribution in [1.29, 1.82) is 0 Å². The van der Waals surface area contributed by atoms with E-state index in [1.807, 2.05) is 20.8 Å². The third-order valence-electron chi connectivity index (χ3n) is 7.29. The van der Waals surface area contributed by atoms with Crippen LogP contribution in [-0.4, -0.2) is 87.4 Å². The lowest BCUT2D eigenvalue weighted by Gasteiger charge is -2.19. The highest BCUT2D eigenvalue weighted by atomic mass is 32.2. The summed E-state index contributed by atoms with van der Waals surface area (Å²) >= 11 is 0. The number of benzene rings is 1. The lowest BCUT2D eigenvalue weighted by Crippen LogP contribution is -2.50. The van der Waals surface area contributed by atoms with Gasteiger partial charge in [-0.3, -0.25) is 29.0 Å². The lowest BCUT2D eigenvalue weighted by molar-refractivity contribution is -0.137. The molecule has 0 bridgehead atoms. The smallest absolute Gasteiger partial charge is 0.303 e. The van der Waals surface area contributed by atoms with E-state index in [2.05, 4.69) is 31.0 Å². The molecule has 1 aliphatic heterocycles. The van der Waals surface area contributed by atoms with E-state index in [-0.39, 0.29) is 49.8 Å². The first-order valence-electron chi connectivity index (χ1n) is 14.9. The van der Waals surface area contributed by atoms with E-state index in [9.17, 15) is 32.4 Å². The number of amides is 4. The first-order valence-corrected chi connectivity index (χ1v) is 16.3. The Hall–Kier alpha value is -4.41. The number of carboxylic acid groups (broad SMARTS) is 1. The van der Waals surface area contributed by atoms with Crippen LogP contribution >= 0.6 is 0 Å². The van der Waals surface area contributed by atoms with Crippen LogP contribution in [0, 0.1) is 20.8 Å². The van der Waals surface area contributed by atoms with Gasteiger partial charge in [0.1, 0.15) is 17.4 Å². The molecule has 1 aliphatic rings. The van der Waals surface area contributed by atoms with Crippen molar-refractivity contribution in [2.75, 3.05) is 26.2 Å². The molecule has 256 valence electrons. The number of aliphatic imine (C=N–C) groups is 1. The fourth-order valence-electron chi connectivity index (χ4n) is 4.99. The van der Waals surface area contributed by atoms with E-state index in [0.29, 0.717) is 42.5 Å². The van der Waals surface area contributed by atoms with Crippen molar-refractivity contribution < 1.29 is 42.2 Å². The molecule has 16 nitrogen and oxygen atoms in total. The molecule has 0 spiro atoms. The van der Waals surface area contributed by atoms with Crippen molar-refractivity contribution in [1.82, 2.24) is 26.0 Å². The van der Waals surface area contributed by atoms with Gasteiger partial charge in [-0.1, -0.05) is 0 Å². The highest BCUT2D eigenvalue weighted by Gasteiger charge is 2.36. The second-order valence-corrected chi connectivity index (χ2v) is 13.2. The maximum absolute atomic E-state index is 13.4. The number of nitrogens with one attached hydrogen (secondary N) is 5. The number of ether oxygens (including phenoxy) is 1. The van der Waals surface area contributed by atoms with Crippen molar-refractivity contribution in [3.05, 3.63) is 22.3 Å². The van der Waals surface area contributed by atoms with Crippen molar-refractivity contribution in [2.45, 2.75) is 89.7 Å². The monoisotopic (exact) mass is 667 g/mol. The Morgan fingerprint density at radius 1 is 1.02 bits per heavy atom. The number of nitrogens with two attached hydrogens (primary N) is 1. The SMILES string of the molecule is Cc1c(C)c(S(=O)(=O)NC(N)=NCCCC(NC(=O)CNC(=O)CNC=O)C(=O)NCCCCC(=O)O)c(C)c2c1OC(C)(C)C2. The van der Waals surface area contributed by atoms with Crippen LogP contribution in [-0.2, 0) is 40.4 Å². The van der Waals surface area contributed by atoms with E-state index in [4.69, 9.17) is 15.6 Å². The van der Waals surface area contributed by atoms with E-state index in [1.54, 1.807) is 13.8 Å². The third-order valence-corrected chi connectivity index (χ3v) is 8.92. The highest BCUT2D eigenvalue weighted by molar-refractivity contribution is 7.90. The zero-order chi connectivity index (χ0) is 34.7. The molecular formula is C29H45N7O9S. The van der Waals surface area contributed by atoms with Crippen LogP contribution in [0.5, 0.6) is 5.75 Å². The maximum Gasteiger partial charge on any atom is 0.303 e. The number of rotatable bonds is 18.